The lowest BCUT2D eigenvalue weighted by molar-refractivity contribution is -0.130. The van der Waals surface area contributed by atoms with Gasteiger partial charge < -0.3 is 20.3 Å². The zero-order chi connectivity index (χ0) is 25.2. The smallest absolute Gasteiger partial charge is 0.322 e. The summed E-state index contributed by atoms with van der Waals surface area (Å²) in [6.07, 6.45) is 0. The van der Waals surface area contributed by atoms with Crippen LogP contribution in [0.4, 0.5) is 10.5 Å². The molecule has 0 bridgehead atoms. The fraction of sp³-hybridized carbons (Fsp3) is 0.179. The second kappa shape index (κ2) is 9.58. The van der Waals surface area contributed by atoms with Gasteiger partial charge in [-0.2, -0.15) is 0 Å². The van der Waals surface area contributed by atoms with Gasteiger partial charge in [0, 0.05) is 12.7 Å². The van der Waals surface area contributed by atoms with Gasteiger partial charge in [-0.25, -0.2) is 4.79 Å². The number of ether oxygens (including phenoxy) is 1. The molecule has 3 aromatic carbocycles. The summed E-state index contributed by atoms with van der Waals surface area (Å²) in [4.78, 5) is 41.6. The average Bonchev–Trinajstić information content (AvgIpc) is 3.20. The third-order valence-electron chi connectivity index (χ3n) is 6.30. The highest BCUT2D eigenvalue weighted by atomic mass is 16.5. The van der Waals surface area contributed by atoms with Crippen LogP contribution >= 0.6 is 0 Å². The molecule has 0 radical (unpaired) electrons. The molecule has 2 N–H and O–H groups in total. The van der Waals surface area contributed by atoms with E-state index in [1.807, 2.05) is 61.5 Å². The van der Waals surface area contributed by atoms with Gasteiger partial charge in [-0.05, 0) is 48.9 Å². The molecule has 182 valence electrons. The first-order chi connectivity index (χ1) is 17.4. The van der Waals surface area contributed by atoms with Crippen molar-refractivity contribution in [3.8, 4) is 11.5 Å². The minimum absolute atomic E-state index is 0.128. The number of para-hydroxylation sites is 1. The highest BCUT2D eigenvalue weighted by molar-refractivity contribution is 6.04. The number of hydrogen-bond donors (Lipinski definition) is 2. The van der Waals surface area contributed by atoms with Crippen molar-refractivity contribution >= 4 is 23.5 Å². The number of carbonyl (C=O) groups is 3. The monoisotopic (exact) mass is 482 g/mol. The number of urea groups is 1. The number of nitrogens with zero attached hydrogens (tertiary/aromatic N) is 2. The summed E-state index contributed by atoms with van der Waals surface area (Å²) in [5.74, 6) is 0.784. The van der Waals surface area contributed by atoms with E-state index in [9.17, 15) is 14.4 Å². The number of hydrogen-bond acceptors (Lipinski definition) is 4. The van der Waals surface area contributed by atoms with E-state index in [-0.39, 0.29) is 30.9 Å². The van der Waals surface area contributed by atoms with Gasteiger partial charge in [0.1, 0.15) is 18.0 Å². The van der Waals surface area contributed by atoms with E-state index in [1.165, 1.54) is 9.80 Å². The van der Waals surface area contributed by atoms with Crippen molar-refractivity contribution in [1.82, 2.24) is 15.1 Å². The minimum Gasteiger partial charge on any atom is -0.457 e. The van der Waals surface area contributed by atoms with E-state index in [0.717, 1.165) is 16.9 Å². The van der Waals surface area contributed by atoms with Crippen LogP contribution in [-0.4, -0.2) is 47.8 Å². The Kier molecular flexibility index (Phi) is 6.16. The Morgan fingerprint density at radius 3 is 2.33 bits per heavy atom. The molecule has 1 atom stereocenters. The Balaban J connectivity index is 1.25. The molecule has 0 aromatic heterocycles. The van der Waals surface area contributed by atoms with Crippen molar-refractivity contribution < 1.29 is 19.1 Å². The second-order valence-corrected chi connectivity index (χ2v) is 8.86. The fourth-order valence-electron chi connectivity index (χ4n) is 4.36. The molecule has 2 aliphatic rings. The normalized spacial score (nSPS) is 17.1. The summed E-state index contributed by atoms with van der Waals surface area (Å²) in [7, 11) is 1.63. The predicted molar refractivity (Wildman–Crippen MR) is 135 cm³/mol. The first kappa shape index (κ1) is 23.2. The van der Waals surface area contributed by atoms with Crippen molar-refractivity contribution in [3.05, 3.63) is 101 Å². The number of benzene rings is 3. The van der Waals surface area contributed by atoms with E-state index in [2.05, 4.69) is 10.6 Å². The van der Waals surface area contributed by atoms with Crippen molar-refractivity contribution in [2.45, 2.75) is 13.0 Å². The second-order valence-electron chi connectivity index (χ2n) is 8.86. The van der Waals surface area contributed by atoms with Crippen LogP contribution in [0.25, 0.3) is 0 Å². The molecule has 8 nitrogen and oxygen atoms in total. The van der Waals surface area contributed by atoms with Gasteiger partial charge in [-0.1, -0.05) is 48.0 Å². The Bertz CT molecular complexity index is 1330. The van der Waals surface area contributed by atoms with Gasteiger partial charge in [-0.3, -0.25) is 14.5 Å². The molecule has 0 unspecified atom stereocenters. The van der Waals surface area contributed by atoms with Gasteiger partial charge in [0.05, 0.1) is 23.9 Å². The molecule has 0 aliphatic carbocycles. The minimum atomic E-state index is -0.554. The first-order valence-electron chi connectivity index (χ1n) is 11.6. The lowest BCUT2D eigenvalue weighted by Gasteiger charge is -2.31. The van der Waals surface area contributed by atoms with Crippen LogP contribution < -0.4 is 15.4 Å². The van der Waals surface area contributed by atoms with E-state index < -0.39 is 6.04 Å². The summed E-state index contributed by atoms with van der Waals surface area (Å²) in [6.45, 7) is 2.04. The average molecular weight is 483 g/mol. The molecule has 3 aromatic rings. The quantitative estimate of drug-likeness (QED) is 0.551. The van der Waals surface area contributed by atoms with Crippen LogP contribution in [0, 0.1) is 6.92 Å². The molecule has 0 saturated carbocycles. The van der Waals surface area contributed by atoms with Crippen LogP contribution in [0.3, 0.4) is 0 Å². The van der Waals surface area contributed by atoms with Crippen molar-refractivity contribution in [2.24, 2.45) is 0 Å². The zero-order valence-corrected chi connectivity index (χ0v) is 20.0. The molecule has 36 heavy (non-hydrogen) atoms. The van der Waals surface area contributed by atoms with Gasteiger partial charge in [-0.15, -0.1) is 0 Å². The Morgan fingerprint density at radius 2 is 1.64 bits per heavy atom. The number of aryl methyl sites for hydroxylation is 1. The van der Waals surface area contributed by atoms with E-state index in [4.69, 9.17) is 4.74 Å². The van der Waals surface area contributed by atoms with Crippen molar-refractivity contribution in [2.75, 3.05) is 25.5 Å². The van der Waals surface area contributed by atoms with E-state index >= 15 is 0 Å². The molecule has 0 fully saturated rings. The number of nitrogens with one attached hydrogen (secondary N) is 2. The van der Waals surface area contributed by atoms with Gasteiger partial charge in [0.2, 0.25) is 5.91 Å². The molecule has 5 rings (SSSR count). The van der Waals surface area contributed by atoms with Crippen LogP contribution in [-0.2, 0) is 9.59 Å². The molecular formula is C28H26N4O4. The lowest BCUT2D eigenvalue weighted by Crippen LogP contribution is -2.45. The Labute approximate surface area is 209 Å². The standard InChI is InChI=1S/C28H26N4O4/c1-18-8-10-19(11-9-18)26-25-23(31(2)28(35)30-26)16-32(27(25)34)17-24(33)29-20-12-14-22(15-13-20)36-21-6-4-3-5-7-21/h3-15,26H,16-17H2,1-2H3,(H,29,33)(H,30,35)/t26-/m1/s1. The highest BCUT2D eigenvalue weighted by Gasteiger charge is 2.43. The topological polar surface area (TPSA) is 91.0 Å². The third-order valence-corrected chi connectivity index (χ3v) is 6.30. The maximum atomic E-state index is 13.3. The molecular weight excluding hydrogens is 456 g/mol. The van der Waals surface area contributed by atoms with Gasteiger partial charge >= 0.3 is 6.03 Å². The van der Waals surface area contributed by atoms with Gasteiger partial charge in [0.15, 0.2) is 0 Å². The highest BCUT2D eigenvalue weighted by Crippen LogP contribution is 2.35. The SMILES string of the molecule is Cc1ccc([C@H]2NC(=O)N(C)C3=C2C(=O)N(CC(=O)Nc2ccc(Oc4ccccc4)cc2)C3)cc1. The van der Waals surface area contributed by atoms with E-state index in [0.29, 0.717) is 22.7 Å². The summed E-state index contributed by atoms with van der Waals surface area (Å²) in [6, 6.07) is 23.3. The van der Waals surface area contributed by atoms with Crippen LogP contribution in [0.15, 0.2) is 90.1 Å². The number of carbonyl (C=O) groups excluding carboxylic acids is 3. The van der Waals surface area contributed by atoms with Gasteiger partial charge in [0.25, 0.3) is 5.91 Å². The van der Waals surface area contributed by atoms with Crippen LogP contribution in [0.5, 0.6) is 11.5 Å². The predicted octanol–water partition coefficient (Wildman–Crippen LogP) is 4.22. The molecule has 4 amide bonds. The Morgan fingerprint density at radius 1 is 0.972 bits per heavy atom. The molecule has 0 saturated heterocycles. The molecule has 2 aliphatic heterocycles. The third kappa shape index (κ3) is 4.65. The van der Waals surface area contributed by atoms with Crippen molar-refractivity contribution in [1.29, 1.82) is 0 Å². The largest absolute Gasteiger partial charge is 0.457 e. The molecule has 2 heterocycles. The number of rotatable bonds is 6. The maximum absolute atomic E-state index is 13.3. The summed E-state index contributed by atoms with van der Waals surface area (Å²) < 4.78 is 5.78. The summed E-state index contributed by atoms with van der Waals surface area (Å²) in [5, 5.41) is 5.74. The number of amides is 4. The molecule has 8 heteroatoms. The summed E-state index contributed by atoms with van der Waals surface area (Å²) in [5.41, 5.74) is 3.62. The fourth-order valence-corrected chi connectivity index (χ4v) is 4.36. The number of likely N-dealkylation sites (N-methyl/N-ethyl adjacent to an activating group) is 1. The molecule has 0 spiro atoms. The van der Waals surface area contributed by atoms with E-state index in [1.54, 1.807) is 31.3 Å². The lowest BCUT2D eigenvalue weighted by atomic mass is 9.95. The first-order valence-corrected chi connectivity index (χ1v) is 11.6. The maximum Gasteiger partial charge on any atom is 0.322 e. The number of anilines is 1. The van der Waals surface area contributed by atoms with Crippen molar-refractivity contribution in [3.63, 3.8) is 0 Å². The summed E-state index contributed by atoms with van der Waals surface area (Å²) >= 11 is 0. The Hall–Kier alpha value is -4.59. The zero-order valence-electron chi connectivity index (χ0n) is 20.0. The van der Waals surface area contributed by atoms with Crippen LogP contribution in [0.2, 0.25) is 0 Å². The van der Waals surface area contributed by atoms with Crippen LogP contribution in [0.1, 0.15) is 17.2 Å².